The molecule has 1 amide bonds. The summed E-state index contributed by atoms with van der Waals surface area (Å²) in [5.41, 5.74) is 1.42. The lowest BCUT2D eigenvalue weighted by atomic mass is 10.1. The number of hydrogen-bond acceptors (Lipinski definition) is 4. The molecule has 0 bridgehead atoms. The number of hydrogen-bond donors (Lipinski definition) is 2. The first-order chi connectivity index (χ1) is 11.5. The van der Waals surface area contributed by atoms with Crippen LogP contribution < -0.4 is 5.32 Å². The number of carbonyl (C=O) groups excluding carboxylic acids is 1. The van der Waals surface area contributed by atoms with Crippen LogP contribution in [0.4, 0.5) is 10.1 Å². The van der Waals surface area contributed by atoms with Gasteiger partial charge in [0.15, 0.2) is 5.17 Å². The van der Waals surface area contributed by atoms with Gasteiger partial charge in [0.25, 0.3) is 5.91 Å². The van der Waals surface area contributed by atoms with Gasteiger partial charge in [-0.3, -0.25) is 4.79 Å². The molecular formula is C17H11FN2O3S. The molecule has 2 aromatic rings. The van der Waals surface area contributed by atoms with Crippen LogP contribution >= 0.6 is 11.8 Å². The van der Waals surface area contributed by atoms with E-state index in [2.05, 4.69) is 10.3 Å². The summed E-state index contributed by atoms with van der Waals surface area (Å²) in [5, 5.41) is 11.9. The number of benzene rings is 2. The Morgan fingerprint density at radius 1 is 1.12 bits per heavy atom. The molecule has 2 aromatic carbocycles. The van der Waals surface area contributed by atoms with Crippen LogP contribution in [0.25, 0.3) is 6.08 Å². The third kappa shape index (κ3) is 3.69. The number of nitrogens with one attached hydrogen (secondary N) is 1. The van der Waals surface area contributed by atoms with Gasteiger partial charge in [-0.25, -0.2) is 14.2 Å². The largest absolute Gasteiger partial charge is 0.478 e. The predicted octanol–water partition coefficient (Wildman–Crippen LogP) is 3.42. The Morgan fingerprint density at radius 2 is 1.79 bits per heavy atom. The van der Waals surface area contributed by atoms with Crippen LogP contribution in [0.3, 0.4) is 0 Å². The molecule has 1 fully saturated rings. The fourth-order valence-corrected chi connectivity index (χ4v) is 2.83. The maximum Gasteiger partial charge on any atom is 0.335 e. The summed E-state index contributed by atoms with van der Waals surface area (Å²) in [6.07, 6.45) is 1.65. The summed E-state index contributed by atoms with van der Waals surface area (Å²) >= 11 is 1.16. The van der Waals surface area contributed by atoms with Gasteiger partial charge in [-0.1, -0.05) is 12.1 Å². The average molecular weight is 342 g/mol. The van der Waals surface area contributed by atoms with Crippen molar-refractivity contribution in [3.63, 3.8) is 0 Å². The van der Waals surface area contributed by atoms with E-state index < -0.39 is 5.97 Å². The summed E-state index contributed by atoms with van der Waals surface area (Å²) in [6, 6.07) is 11.8. The maximum atomic E-state index is 12.9. The standard InChI is InChI=1S/C17H11FN2O3S/c18-12-5-7-13(8-6-12)19-17-20-15(21)14(24-17)9-10-1-3-11(4-2-10)16(22)23/h1-9H,(H,22,23)(H,19,20,21)/b14-9+. The van der Waals surface area contributed by atoms with E-state index in [0.29, 0.717) is 21.3 Å². The van der Waals surface area contributed by atoms with Crippen LogP contribution in [0, 0.1) is 5.82 Å². The highest BCUT2D eigenvalue weighted by atomic mass is 32.2. The molecule has 24 heavy (non-hydrogen) atoms. The van der Waals surface area contributed by atoms with Gasteiger partial charge in [-0.2, -0.15) is 0 Å². The Morgan fingerprint density at radius 3 is 2.42 bits per heavy atom. The van der Waals surface area contributed by atoms with Crippen molar-refractivity contribution < 1.29 is 19.1 Å². The Bertz CT molecular complexity index is 858. The van der Waals surface area contributed by atoms with E-state index in [-0.39, 0.29) is 17.3 Å². The Kier molecular flexibility index (Phi) is 4.43. The van der Waals surface area contributed by atoms with Crippen molar-refractivity contribution in [3.05, 3.63) is 70.4 Å². The number of carboxylic acids is 1. The molecule has 2 N–H and O–H groups in total. The molecule has 0 atom stereocenters. The molecule has 3 rings (SSSR count). The van der Waals surface area contributed by atoms with Gasteiger partial charge in [0, 0.05) is 0 Å². The number of halogens is 1. The molecule has 0 unspecified atom stereocenters. The van der Waals surface area contributed by atoms with E-state index in [1.165, 1.54) is 36.4 Å². The summed E-state index contributed by atoms with van der Waals surface area (Å²) in [4.78, 5) is 27.5. The molecule has 0 aliphatic carbocycles. The molecule has 1 saturated heterocycles. The second-order valence-electron chi connectivity index (χ2n) is 4.89. The van der Waals surface area contributed by atoms with Gasteiger partial charge in [-0.15, -0.1) is 0 Å². The van der Waals surface area contributed by atoms with Gasteiger partial charge in [0.1, 0.15) is 5.82 Å². The van der Waals surface area contributed by atoms with Crippen molar-refractivity contribution >= 4 is 40.6 Å². The van der Waals surface area contributed by atoms with E-state index in [1.807, 2.05) is 0 Å². The van der Waals surface area contributed by atoms with Gasteiger partial charge >= 0.3 is 5.97 Å². The first-order valence-corrected chi connectivity index (χ1v) is 7.71. The maximum absolute atomic E-state index is 12.9. The minimum absolute atomic E-state index is 0.180. The molecule has 1 heterocycles. The molecule has 7 heteroatoms. The second-order valence-corrected chi connectivity index (χ2v) is 5.92. The number of rotatable bonds is 3. The Balaban J connectivity index is 1.79. The summed E-state index contributed by atoms with van der Waals surface area (Å²) < 4.78 is 12.9. The van der Waals surface area contributed by atoms with Crippen LogP contribution in [-0.4, -0.2) is 22.2 Å². The molecular weight excluding hydrogens is 331 g/mol. The van der Waals surface area contributed by atoms with Crippen LogP contribution in [0.1, 0.15) is 15.9 Å². The highest BCUT2D eigenvalue weighted by molar-refractivity contribution is 8.18. The monoisotopic (exact) mass is 342 g/mol. The minimum atomic E-state index is -1.00. The van der Waals surface area contributed by atoms with E-state index in [9.17, 15) is 14.0 Å². The van der Waals surface area contributed by atoms with Crippen molar-refractivity contribution in [2.45, 2.75) is 0 Å². The molecule has 1 aliphatic rings. The molecule has 0 spiro atoms. The topological polar surface area (TPSA) is 78.8 Å². The van der Waals surface area contributed by atoms with Gasteiger partial charge in [-0.05, 0) is 59.8 Å². The van der Waals surface area contributed by atoms with Gasteiger partial charge in [0.05, 0.1) is 16.2 Å². The highest BCUT2D eigenvalue weighted by Gasteiger charge is 2.23. The summed E-state index contributed by atoms with van der Waals surface area (Å²) in [6.45, 7) is 0. The number of aliphatic imine (C=N–C) groups is 1. The molecule has 0 aromatic heterocycles. The van der Waals surface area contributed by atoms with Gasteiger partial charge in [0.2, 0.25) is 0 Å². The van der Waals surface area contributed by atoms with E-state index >= 15 is 0 Å². The fraction of sp³-hybridized carbons (Fsp3) is 0. The number of carboxylic acid groups (broad SMARTS) is 1. The predicted molar refractivity (Wildman–Crippen MR) is 90.6 cm³/mol. The van der Waals surface area contributed by atoms with Crippen molar-refractivity contribution in [2.75, 3.05) is 0 Å². The summed E-state index contributed by atoms with van der Waals surface area (Å²) in [5.74, 6) is -1.65. The van der Waals surface area contributed by atoms with Crippen LogP contribution in [0.2, 0.25) is 0 Å². The lowest BCUT2D eigenvalue weighted by molar-refractivity contribution is -0.115. The number of amides is 1. The molecule has 1 aliphatic heterocycles. The van der Waals surface area contributed by atoms with E-state index in [1.54, 1.807) is 18.2 Å². The van der Waals surface area contributed by atoms with Crippen LogP contribution in [0.5, 0.6) is 0 Å². The zero-order valence-electron chi connectivity index (χ0n) is 12.2. The number of thioether (sulfide) groups is 1. The third-order valence-corrected chi connectivity index (χ3v) is 4.07. The van der Waals surface area contributed by atoms with Crippen molar-refractivity contribution in [2.24, 2.45) is 4.99 Å². The lowest BCUT2D eigenvalue weighted by Crippen LogP contribution is -2.19. The normalized spacial score (nSPS) is 17.3. The Labute approximate surface area is 140 Å². The average Bonchev–Trinajstić information content (AvgIpc) is 2.89. The van der Waals surface area contributed by atoms with E-state index in [4.69, 9.17) is 5.11 Å². The number of amidine groups is 1. The summed E-state index contributed by atoms with van der Waals surface area (Å²) in [7, 11) is 0. The second kappa shape index (κ2) is 6.67. The fourth-order valence-electron chi connectivity index (χ4n) is 1.99. The molecule has 0 saturated carbocycles. The molecule has 0 radical (unpaired) electrons. The zero-order chi connectivity index (χ0) is 17.1. The first-order valence-electron chi connectivity index (χ1n) is 6.90. The number of carbonyl (C=O) groups is 2. The minimum Gasteiger partial charge on any atom is -0.478 e. The smallest absolute Gasteiger partial charge is 0.335 e. The zero-order valence-corrected chi connectivity index (χ0v) is 13.0. The third-order valence-electron chi connectivity index (χ3n) is 3.16. The van der Waals surface area contributed by atoms with Crippen LogP contribution in [-0.2, 0) is 4.79 Å². The number of nitrogens with zero attached hydrogens (tertiary/aromatic N) is 1. The molecule has 120 valence electrons. The van der Waals surface area contributed by atoms with Gasteiger partial charge < -0.3 is 10.4 Å². The highest BCUT2D eigenvalue weighted by Crippen LogP contribution is 2.28. The first kappa shape index (κ1) is 15.9. The number of aromatic carboxylic acids is 1. The Hall–Kier alpha value is -2.93. The van der Waals surface area contributed by atoms with Crippen molar-refractivity contribution in [1.29, 1.82) is 0 Å². The molecule has 5 nitrogen and oxygen atoms in total. The quantitative estimate of drug-likeness (QED) is 0.838. The van der Waals surface area contributed by atoms with Crippen molar-refractivity contribution in [1.82, 2.24) is 5.32 Å². The van der Waals surface area contributed by atoms with Crippen LogP contribution in [0.15, 0.2) is 58.4 Å². The van der Waals surface area contributed by atoms with Crippen molar-refractivity contribution in [3.8, 4) is 0 Å². The SMILES string of the molecule is O=C1NC(=Nc2ccc(F)cc2)S/C1=C/c1ccc(C(=O)O)cc1. The van der Waals surface area contributed by atoms with E-state index in [0.717, 1.165) is 11.8 Å². The lowest BCUT2D eigenvalue weighted by Gasteiger charge is -1.97.